The zero-order chi connectivity index (χ0) is 2.71. The SMILES string of the molecule is [CH2-]CC.[Ni]. The van der Waals surface area contributed by atoms with Crippen LogP contribution in [-0.4, -0.2) is 0 Å². The van der Waals surface area contributed by atoms with Crippen molar-refractivity contribution in [2.45, 2.75) is 13.3 Å². The van der Waals surface area contributed by atoms with Crippen molar-refractivity contribution in [3.8, 4) is 0 Å². The first-order chi connectivity index (χ1) is 1.41. The van der Waals surface area contributed by atoms with E-state index in [1.807, 2.05) is 6.92 Å². The van der Waals surface area contributed by atoms with Crippen molar-refractivity contribution in [2.75, 3.05) is 0 Å². The molecule has 0 nitrogen and oxygen atoms in total. The summed E-state index contributed by atoms with van der Waals surface area (Å²) < 4.78 is 0. The van der Waals surface area contributed by atoms with Gasteiger partial charge >= 0.3 is 0 Å². The molecule has 4 heavy (non-hydrogen) atoms. The molecule has 0 aliphatic heterocycles. The molecule has 0 heterocycles. The van der Waals surface area contributed by atoms with Gasteiger partial charge in [0.05, 0.1) is 0 Å². The van der Waals surface area contributed by atoms with Gasteiger partial charge < -0.3 is 6.92 Å². The van der Waals surface area contributed by atoms with Crippen molar-refractivity contribution in [1.29, 1.82) is 0 Å². The van der Waals surface area contributed by atoms with Crippen LogP contribution in [0.25, 0.3) is 0 Å². The molecule has 0 bridgehead atoms. The Bertz CT molecular complexity index is 3.25. The van der Waals surface area contributed by atoms with Gasteiger partial charge in [-0.15, -0.1) is 0 Å². The molecule has 0 aliphatic rings. The van der Waals surface area contributed by atoms with Crippen LogP contribution in [0.1, 0.15) is 13.3 Å². The Morgan fingerprint density at radius 1 is 1.75 bits per heavy atom. The average molecular weight is 102 g/mol. The molecule has 0 saturated heterocycles. The molecule has 1 heteroatoms. The first kappa shape index (κ1) is 8.82. The average Bonchev–Trinajstić information content (AvgIpc) is 0.918. The molecule has 0 fully saturated rings. The Morgan fingerprint density at radius 3 is 1.75 bits per heavy atom. The maximum atomic E-state index is 3.49. The molecule has 0 rings (SSSR count). The maximum Gasteiger partial charge on any atom is 0 e. The van der Waals surface area contributed by atoms with Crippen molar-refractivity contribution in [3.63, 3.8) is 0 Å². The van der Waals surface area contributed by atoms with Crippen LogP contribution in [0.15, 0.2) is 0 Å². The topological polar surface area (TPSA) is 0 Å². The molecule has 0 unspecified atom stereocenters. The van der Waals surface area contributed by atoms with Crippen LogP contribution >= 0.6 is 0 Å². The predicted octanol–water partition coefficient (Wildman–Crippen LogP) is 1.23. The zero-order valence-electron chi connectivity index (χ0n) is 2.73. The van der Waals surface area contributed by atoms with Gasteiger partial charge in [0.25, 0.3) is 0 Å². The summed E-state index contributed by atoms with van der Waals surface area (Å²) in [6.07, 6.45) is 1.00. The number of rotatable bonds is 0. The van der Waals surface area contributed by atoms with Crippen LogP contribution in [0.5, 0.6) is 0 Å². The summed E-state index contributed by atoms with van der Waals surface area (Å²) in [5.74, 6) is 0. The zero-order valence-corrected chi connectivity index (χ0v) is 3.72. The van der Waals surface area contributed by atoms with Crippen molar-refractivity contribution in [1.82, 2.24) is 0 Å². The Kier molecular flexibility index (Phi) is 21.5. The van der Waals surface area contributed by atoms with Crippen LogP contribution in [0.4, 0.5) is 0 Å². The van der Waals surface area contributed by atoms with E-state index in [-0.39, 0.29) is 16.5 Å². The first-order valence-corrected chi connectivity index (χ1v) is 1.21. The molecule has 30 valence electrons. The van der Waals surface area contributed by atoms with Crippen molar-refractivity contribution in [3.05, 3.63) is 6.92 Å². The Hall–Kier alpha value is 0.494. The summed E-state index contributed by atoms with van der Waals surface area (Å²) in [5.41, 5.74) is 0. The van der Waals surface area contributed by atoms with E-state index >= 15 is 0 Å². The fourth-order valence-electron chi connectivity index (χ4n) is 0. The predicted molar refractivity (Wildman–Crippen MR) is 15.6 cm³/mol. The third-order valence-electron chi connectivity index (χ3n) is 0. The minimum Gasteiger partial charge on any atom is -0.344 e. The molecule has 0 amide bonds. The van der Waals surface area contributed by atoms with Gasteiger partial charge in [-0.2, -0.15) is 6.42 Å². The molecular formula is C3H7Ni-. The van der Waals surface area contributed by atoms with Crippen molar-refractivity contribution < 1.29 is 16.5 Å². The van der Waals surface area contributed by atoms with E-state index in [1.165, 1.54) is 0 Å². The number of hydrogen-bond acceptors (Lipinski definition) is 0. The van der Waals surface area contributed by atoms with E-state index in [0.29, 0.717) is 0 Å². The second-order valence-electron chi connectivity index (χ2n) is 0.500. The summed E-state index contributed by atoms with van der Waals surface area (Å²) >= 11 is 0. The van der Waals surface area contributed by atoms with Gasteiger partial charge in [0.2, 0.25) is 0 Å². The van der Waals surface area contributed by atoms with Crippen LogP contribution in [0.2, 0.25) is 0 Å². The van der Waals surface area contributed by atoms with Crippen LogP contribution in [0, 0.1) is 6.92 Å². The Balaban J connectivity index is 0. The molecule has 0 saturated carbocycles. The molecule has 0 aromatic carbocycles. The van der Waals surface area contributed by atoms with Gasteiger partial charge in [-0.25, -0.2) is 0 Å². The van der Waals surface area contributed by atoms with E-state index in [2.05, 4.69) is 6.92 Å². The molecule has 0 aromatic rings. The molecular weight excluding hydrogens is 94.7 g/mol. The first-order valence-electron chi connectivity index (χ1n) is 1.21. The summed E-state index contributed by atoms with van der Waals surface area (Å²) in [4.78, 5) is 0. The number of hydrogen-bond donors (Lipinski definition) is 0. The summed E-state index contributed by atoms with van der Waals surface area (Å²) in [6, 6.07) is 0. The molecule has 0 aliphatic carbocycles. The summed E-state index contributed by atoms with van der Waals surface area (Å²) in [7, 11) is 0. The quantitative estimate of drug-likeness (QED) is 0.318. The van der Waals surface area contributed by atoms with Gasteiger partial charge in [-0.05, 0) is 0 Å². The van der Waals surface area contributed by atoms with Crippen LogP contribution in [0.3, 0.4) is 0 Å². The van der Waals surface area contributed by atoms with E-state index in [1.54, 1.807) is 0 Å². The second-order valence-corrected chi connectivity index (χ2v) is 0.500. The molecule has 0 spiro atoms. The van der Waals surface area contributed by atoms with E-state index in [0.717, 1.165) is 6.42 Å². The van der Waals surface area contributed by atoms with Gasteiger partial charge in [-0.3, -0.25) is 0 Å². The van der Waals surface area contributed by atoms with Gasteiger partial charge in [0, 0.05) is 16.5 Å². The van der Waals surface area contributed by atoms with E-state index in [4.69, 9.17) is 0 Å². The standard InChI is InChI=1S/C3H7.Ni/c1-3-2;/h1,3H2,2H3;/q-1;. The second kappa shape index (κ2) is 9.74. The Labute approximate surface area is 37.5 Å². The van der Waals surface area contributed by atoms with Gasteiger partial charge in [-0.1, -0.05) is 6.92 Å². The molecule has 0 radical (unpaired) electrons. The smallest absolute Gasteiger partial charge is 0 e. The monoisotopic (exact) mass is 101 g/mol. The maximum absolute atomic E-state index is 3.49. The van der Waals surface area contributed by atoms with Gasteiger partial charge in [0.1, 0.15) is 0 Å². The third kappa shape index (κ3) is 22.8. The molecule has 0 aromatic heterocycles. The molecule has 0 N–H and O–H groups in total. The summed E-state index contributed by atoms with van der Waals surface area (Å²) in [6.45, 7) is 5.50. The normalized spacial score (nSPS) is 4.50. The van der Waals surface area contributed by atoms with E-state index in [9.17, 15) is 0 Å². The van der Waals surface area contributed by atoms with Crippen molar-refractivity contribution in [2.24, 2.45) is 0 Å². The minimum atomic E-state index is 0. The van der Waals surface area contributed by atoms with E-state index < -0.39 is 0 Å². The molecule has 0 atom stereocenters. The van der Waals surface area contributed by atoms with Crippen LogP contribution in [-0.2, 0) is 16.5 Å². The van der Waals surface area contributed by atoms with Crippen LogP contribution < -0.4 is 0 Å². The largest absolute Gasteiger partial charge is 0.344 e. The van der Waals surface area contributed by atoms with Crippen molar-refractivity contribution >= 4 is 0 Å². The third-order valence-corrected chi connectivity index (χ3v) is 0. The van der Waals surface area contributed by atoms with Gasteiger partial charge in [0.15, 0.2) is 0 Å². The fourth-order valence-corrected chi connectivity index (χ4v) is 0. The minimum absolute atomic E-state index is 0. The fraction of sp³-hybridized carbons (Fsp3) is 0.667. The summed E-state index contributed by atoms with van der Waals surface area (Å²) in [5, 5.41) is 0. The Morgan fingerprint density at radius 2 is 1.75 bits per heavy atom.